The van der Waals surface area contributed by atoms with E-state index < -0.39 is 11.9 Å². The van der Waals surface area contributed by atoms with Crippen LogP contribution in [0, 0.1) is 0 Å². The topological polar surface area (TPSA) is 72.5 Å². The van der Waals surface area contributed by atoms with Crippen molar-refractivity contribution in [3.8, 4) is 0 Å². The van der Waals surface area contributed by atoms with E-state index in [9.17, 15) is 14.4 Å². The van der Waals surface area contributed by atoms with E-state index in [4.69, 9.17) is 0 Å². The standard InChI is InChI=1S/C7H11NO4S.Na.H/c1-3-7(11)12-8-6(10)4-13-5(2)9;;/h3-4H2,1-2H3,(H,8,10);;. The SMILES string of the molecule is CCC(=O)ONC(=O)CSC(C)=O.[NaH]. The average molecular weight is 229 g/mol. The third-order valence-electron chi connectivity index (χ3n) is 0.974. The number of hydrogen-bond acceptors (Lipinski definition) is 5. The molecule has 0 aromatic carbocycles. The maximum atomic E-state index is 10.8. The van der Waals surface area contributed by atoms with Crippen LogP contribution in [0.15, 0.2) is 0 Å². The molecule has 1 amide bonds. The molecule has 0 aliphatic heterocycles. The van der Waals surface area contributed by atoms with Crippen molar-refractivity contribution in [3.05, 3.63) is 0 Å². The summed E-state index contributed by atoms with van der Waals surface area (Å²) in [5.74, 6) is -1.05. The van der Waals surface area contributed by atoms with Crippen molar-refractivity contribution in [1.82, 2.24) is 5.48 Å². The van der Waals surface area contributed by atoms with Gasteiger partial charge in [0.05, 0.1) is 5.75 Å². The Kier molecular flexibility index (Phi) is 11.1. The molecule has 0 fully saturated rings. The third-order valence-corrected chi connectivity index (χ3v) is 1.79. The molecule has 0 aromatic heterocycles. The Morgan fingerprint density at radius 2 is 1.93 bits per heavy atom. The first-order chi connectivity index (χ1) is 6.06. The second-order valence-electron chi connectivity index (χ2n) is 2.13. The quantitative estimate of drug-likeness (QED) is 0.526. The molecule has 0 aliphatic rings. The first kappa shape index (κ1) is 16.4. The van der Waals surface area contributed by atoms with Gasteiger partial charge in [0.25, 0.3) is 5.91 Å². The number of thioether (sulfide) groups is 1. The van der Waals surface area contributed by atoms with Crippen molar-refractivity contribution < 1.29 is 19.2 Å². The Morgan fingerprint density at radius 1 is 1.36 bits per heavy atom. The Hall–Kier alpha value is -0.0400. The molecular formula is C7H12NNaO4S. The van der Waals surface area contributed by atoms with Crippen LogP contribution in [0.5, 0.6) is 0 Å². The van der Waals surface area contributed by atoms with Crippen LogP contribution in [-0.4, -0.2) is 52.3 Å². The fourth-order valence-electron chi connectivity index (χ4n) is 0.383. The molecule has 0 rings (SSSR count). The molecule has 0 aliphatic carbocycles. The predicted molar refractivity (Wildman–Crippen MR) is 54.8 cm³/mol. The summed E-state index contributed by atoms with van der Waals surface area (Å²) < 4.78 is 0. The van der Waals surface area contributed by atoms with Crippen molar-refractivity contribution in [2.24, 2.45) is 0 Å². The average Bonchev–Trinajstić information content (AvgIpc) is 2.10. The number of hydrogen-bond donors (Lipinski definition) is 1. The fraction of sp³-hybridized carbons (Fsp3) is 0.571. The number of carbonyl (C=O) groups is 3. The molecule has 0 saturated heterocycles. The first-order valence-electron chi connectivity index (χ1n) is 3.68. The molecule has 0 radical (unpaired) electrons. The van der Waals surface area contributed by atoms with Crippen LogP contribution in [0.3, 0.4) is 0 Å². The van der Waals surface area contributed by atoms with Crippen molar-refractivity contribution in [2.45, 2.75) is 20.3 Å². The summed E-state index contributed by atoms with van der Waals surface area (Å²) >= 11 is 0.856. The minimum atomic E-state index is -0.513. The number of carbonyl (C=O) groups excluding carboxylic acids is 3. The van der Waals surface area contributed by atoms with E-state index in [0.29, 0.717) is 0 Å². The van der Waals surface area contributed by atoms with E-state index in [-0.39, 0.29) is 46.8 Å². The van der Waals surface area contributed by atoms with Crippen LogP contribution >= 0.6 is 11.8 Å². The summed E-state index contributed by atoms with van der Waals surface area (Å²) in [6.07, 6.45) is 0.195. The van der Waals surface area contributed by atoms with Gasteiger partial charge in [-0.15, -0.1) is 0 Å². The van der Waals surface area contributed by atoms with E-state index in [1.807, 2.05) is 5.48 Å². The molecule has 14 heavy (non-hydrogen) atoms. The number of hydroxylamine groups is 1. The number of nitrogens with one attached hydrogen (secondary N) is 1. The van der Waals surface area contributed by atoms with Crippen LogP contribution in [0.4, 0.5) is 0 Å². The number of amides is 1. The zero-order valence-corrected chi connectivity index (χ0v) is 8.27. The summed E-state index contributed by atoms with van der Waals surface area (Å²) in [4.78, 5) is 36.1. The van der Waals surface area contributed by atoms with Crippen LogP contribution in [0.1, 0.15) is 20.3 Å². The molecule has 5 nitrogen and oxygen atoms in total. The Morgan fingerprint density at radius 3 is 2.36 bits per heavy atom. The van der Waals surface area contributed by atoms with Crippen LogP contribution in [-0.2, 0) is 19.2 Å². The normalized spacial score (nSPS) is 8.43. The minimum absolute atomic E-state index is 0. The zero-order valence-electron chi connectivity index (χ0n) is 7.46. The van der Waals surface area contributed by atoms with Crippen molar-refractivity contribution in [2.75, 3.05) is 5.75 Å². The van der Waals surface area contributed by atoms with Gasteiger partial charge >= 0.3 is 35.5 Å². The van der Waals surface area contributed by atoms with Crippen LogP contribution in [0.25, 0.3) is 0 Å². The summed E-state index contributed by atoms with van der Waals surface area (Å²) in [5, 5.41) is -0.156. The molecule has 0 bridgehead atoms. The Labute approximate surface area is 109 Å². The van der Waals surface area contributed by atoms with Crippen molar-refractivity contribution >= 4 is 58.3 Å². The van der Waals surface area contributed by atoms with E-state index in [2.05, 4.69) is 4.84 Å². The first-order valence-corrected chi connectivity index (χ1v) is 4.66. The van der Waals surface area contributed by atoms with Gasteiger partial charge in [-0.3, -0.25) is 9.59 Å². The molecule has 0 unspecified atom stereocenters. The molecule has 0 atom stereocenters. The second-order valence-corrected chi connectivity index (χ2v) is 3.29. The second kappa shape index (κ2) is 9.51. The summed E-state index contributed by atoms with van der Waals surface area (Å²) in [7, 11) is 0. The molecule has 76 valence electrons. The molecule has 1 N–H and O–H groups in total. The van der Waals surface area contributed by atoms with Gasteiger partial charge in [0.2, 0.25) is 0 Å². The summed E-state index contributed by atoms with van der Waals surface area (Å²) in [6, 6.07) is 0. The van der Waals surface area contributed by atoms with E-state index >= 15 is 0 Å². The molecule has 7 heteroatoms. The van der Waals surface area contributed by atoms with Gasteiger partial charge < -0.3 is 4.84 Å². The van der Waals surface area contributed by atoms with Gasteiger partial charge in [0.15, 0.2) is 5.12 Å². The van der Waals surface area contributed by atoms with Gasteiger partial charge in [0, 0.05) is 13.3 Å². The Balaban J connectivity index is 0. The number of rotatable bonds is 3. The van der Waals surface area contributed by atoms with Gasteiger partial charge in [-0.25, -0.2) is 4.79 Å². The van der Waals surface area contributed by atoms with Gasteiger partial charge in [-0.1, -0.05) is 18.7 Å². The fourth-order valence-corrected chi connectivity index (χ4v) is 0.776. The van der Waals surface area contributed by atoms with Crippen LogP contribution in [0.2, 0.25) is 0 Å². The summed E-state index contributed by atoms with van der Waals surface area (Å²) in [6.45, 7) is 2.97. The van der Waals surface area contributed by atoms with Crippen molar-refractivity contribution in [3.63, 3.8) is 0 Å². The molecular weight excluding hydrogens is 217 g/mol. The maximum absolute atomic E-state index is 10.8. The Bertz CT molecular complexity index is 222. The molecule has 0 saturated carbocycles. The molecule has 0 heterocycles. The summed E-state index contributed by atoms with van der Waals surface area (Å²) in [5.41, 5.74) is 1.93. The van der Waals surface area contributed by atoms with Gasteiger partial charge in [-0.2, -0.15) is 5.48 Å². The van der Waals surface area contributed by atoms with Crippen LogP contribution < -0.4 is 5.48 Å². The van der Waals surface area contributed by atoms with E-state index in [1.165, 1.54) is 6.92 Å². The third kappa shape index (κ3) is 10.0. The van der Waals surface area contributed by atoms with E-state index in [1.54, 1.807) is 6.92 Å². The predicted octanol–water partition coefficient (Wildman–Crippen LogP) is -0.398. The zero-order chi connectivity index (χ0) is 10.3. The van der Waals surface area contributed by atoms with Gasteiger partial charge in [0.1, 0.15) is 0 Å². The molecule has 0 spiro atoms. The van der Waals surface area contributed by atoms with Crippen molar-refractivity contribution in [1.29, 1.82) is 0 Å². The van der Waals surface area contributed by atoms with E-state index in [0.717, 1.165) is 11.8 Å². The van der Waals surface area contributed by atoms with Gasteiger partial charge in [-0.05, 0) is 0 Å². The monoisotopic (exact) mass is 229 g/mol. The molecule has 0 aromatic rings.